The Morgan fingerprint density at radius 1 is 1.38 bits per heavy atom. The molecule has 1 fully saturated rings. The van der Waals surface area contributed by atoms with Gasteiger partial charge in [-0.2, -0.15) is 0 Å². The molecular formula is C18H24N4O2. The van der Waals surface area contributed by atoms with Crippen molar-refractivity contribution < 1.29 is 9.21 Å². The highest BCUT2D eigenvalue weighted by atomic mass is 16.3. The first-order chi connectivity index (χ1) is 11.5. The van der Waals surface area contributed by atoms with Gasteiger partial charge in [-0.3, -0.25) is 9.78 Å². The molecule has 24 heavy (non-hydrogen) atoms. The molecule has 3 rings (SSSR count). The van der Waals surface area contributed by atoms with Crippen LogP contribution in [0.3, 0.4) is 0 Å². The summed E-state index contributed by atoms with van der Waals surface area (Å²) < 4.78 is 5.47. The standard InChI is InChI=1S/C18H24N4O2/c1-13(2)10-14-11-21(3)8-9-22(14)18(23)16-12-24-17(20-16)15-6-4-5-7-19-15/h4-7,12-14H,8-11H2,1-3H3. The van der Waals surface area contributed by atoms with Crippen LogP contribution in [0.15, 0.2) is 35.1 Å². The van der Waals surface area contributed by atoms with Crippen LogP contribution in [-0.4, -0.2) is 58.4 Å². The summed E-state index contributed by atoms with van der Waals surface area (Å²) in [6.07, 6.45) is 4.11. The maximum atomic E-state index is 12.9. The molecule has 0 spiro atoms. The Balaban J connectivity index is 1.78. The molecule has 3 heterocycles. The number of nitrogens with zero attached hydrogens (tertiary/aromatic N) is 4. The molecule has 1 unspecified atom stereocenters. The number of aromatic nitrogens is 2. The zero-order valence-electron chi connectivity index (χ0n) is 14.5. The predicted octanol–water partition coefficient (Wildman–Crippen LogP) is 2.54. The van der Waals surface area contributed by atoms with Crippen LogP contribution in [-0.2, 0) is 0 Å². The van der Waals surface area contributed by atoms with Gasteiger partial charge >= 0.3 is 0 Å². The van der Waals surface area contributed by atoms with Gasteiger partial charge < -0.3 is 14.2 Å². The number of rotatable bonds is 4. The summed E-state index contributed by atoms with van der Waals surface area (Å²) in [5.74, 6) is 0.867. The summed E-state index contributed by atoms with van der Waals surface area (Å²) in [5, 5.41) is 0. The van der Waals surface area contributed by atoms with E-state index in [4.69, 9.17) is 4.42 Å². The van der Waals surface area contributed by atoms with Crippen LogP contribution in [0, 0.1) is 5.92 Å². The number of amides is 1. The molecule has 128 valence electrons. The van der Waals surface area contributed by atoms with E-state index in [1.807, 2.05) is 23.1 Å². The molecule has 1 aliphatic heterocycles. The topological polar surface area (TPSA) is 62.5 Å². The van der Waals surface area contributed by atoms with E-state index < -0.39 is 0 Å². The van der Waals surface area contributed by atoms with Crippen LogP contribution >= 0.6 is 0 Å². The number of pyridine rings is 1. The highest BCUT2D eigenvalue weighted by molar-refractivity contribution is 5.92. The molecule has 6 nitrogen and oxygen atoms in total. The smallest absolute Gasteiger partial charge is 0.276 e. The quantitative estimate of drug-likeness (QED) is 0.863. The minimum absolute atomic E-state index is 0.0559. The lowest BCUT2D eigenvalue weighted by Gasteiger charge is -2.40. The SMILES string of the molecule is CC(C)CC1CN(C)CCN1C(=O)c1coc(-c2ccccn2)n1. The van der Waals surface area contributed by atoms with Crippen LogP contribution in [0.2, 0.25) is 0 Å². The van der Waals surface area contributed by atoms with Crippen LogP contribution in [0.4, 0.5) is 0 Å². The third kappa shape index (κ3) is 3.64. The van der Waals surface area contributed by atoms with Crippen molar-refractivity contribution in [2.24, 2.45) is 5.92 Å². The van der Waals surface area contributed by atoms with Crippen molar-refractivity contribution in [1.82, 2.24) is 19.8 Å². The summed E-state index contributed by atoms with van der Waals surface area (Å²) in [5.41, 5.74) is 0.989. The van der Waals surface area contributed by atoms with Crippen molar-refractivity contribution in [2.75, 3.05) is 26.7 Å². The highest BCUT2D eigenvalue weighted by Gasteiger charge is 2.31. The summed E-state index contributed by atoms with van der Waals surface area (Å²) in [6.45, 7) is 6.87. The van der Waals surface area contributed by atoms with E-state index in [1.54, 1.807) is 6.20 Å². The average Bonchev–Trinajstić information content (AvgIpc) is 3.05. The molecule has 1 aliphatic rings. The van der Waals surface area contributed by atoms with E-state index in [2.05, 4.69) is 35.8 Å². The van der Waals surface area contributed by atoms with Crippen LogP contribution in [0.1, 0.15) is 30.8 Å². The molecule has 1 atom stereocenters. The average molecular weight is 328 g/mol. The van der Waals surface area contributed by atoms with Gasteiger partial charge in [0, 0.05) is 31.9 Å². The van der Waals surface area contributed by atoms with Crippen LogP contribution < -0.4 is 0 Å². The molecule has 0 N–H and O–H groups in total. The Morgan fingerprint density at radius 2 is 2.21 bits per heavy atom. The van der Waals surface area contributed by atoms with E-state index in [1.165, 1.54) is 6.26 Å². The molecule has 0 aromatic carbocycles. The monoisotopic (exact) mass is 328 g/mol. The maximum Gasteiger partial charge on any atom is 0.276 e. The third-order valence-electron chi connectivity index (χ3n) is 4.30. The Labute approximate surface area is 142 Å². The summed E-state index contributed by atoms with van der Waals surface area (Å²) in [6, 6.07) is 5.73. The summed E-state index contributed by atoms with van der Waals surface area (Å²) in [7, 11) is 2.10. The fourth-order valence-electron chi connectivity index (χ4n) is 3.15. The number of hydrogen-bond donors (Lipinski definition) is 0. The fraction of sp³-hybridized carbons (Fsp3) is 0.500. The van der Waals surface area contributed by atoms with Crippen LogP contribution in [0.25, 0.3) is 11.6 Å². The second kappa shape index (κ2) is 7.13. The molecule has 0 radical (unpaired) electrons. The second-order valence-electron chi connectivity index (χ2n) is 6.80. The van der Waals surface area contributed by atoms with Gasteiger partial charge in [0.2, 0.25) is 5.89 Å². The first kappa shape index (κ1) is 16.6. The van der Waals surface area contributed by atoms with Crippen molar-refractivity contribution in [2.45, 2.75) is 26.3 Å². The van der Waals surface area contributed by atoms with Gasteiger partial charge in [0.1, 0.15) is 12.0 Å². The molecule has 2 aromatic heterocycles. The van der Waals surface area contributed by atoms with Gasteiger partial charge in [0.25, 0.3) is 5.91 Å². The molecular weight excluding hydrogens is 304 g/mol. The second-order valence-corrected chi connectivity index (χ2v) is 6.80. The molecule has 1 saturated heterocycles. The lowest BCUT2D eigenvalue weighted by molar-refractivity contribution is 0.0454. The highest BCUT2D eigenvalue weighted by Crippen LogP contribution is 2.21. The molecule has 0 aliphatic carbocycles. The number of oxazole rings is 1. The number of carbonyl (C=O) groups is 1. The summed E-state index contributed by atoms with van der Waals surface area (Å²) in [4.78, 5) is 25.7. The van der Waals surface area contributed by atoms with Gasteiger partial charge in [-0.1, -0.05) is 19.9 Å². The fourth-order valence-corrected chi connectivity index (χ4v) is 3.15. The predicted molar refractivity (Wildman–Crippen MR) is 91.5 cm³/mol. The summed E-state index contributed by atoms with van der Waals surface area (Å²) >= 11 is 0. The van der Waals surface area contributed by atoms with E-state index >= 15 is 0 Å². The largest absolute Gasteiger partial charge is 0.442 e. The van der Waals surface area contributed by atoms with E-state index in [-0.39, 0.29) is 11.9 Å². The van der Waals surface area contributed by atoms with Gasteiger partial charge in [0.05, 0.1) is 0 Å². The number of likely N-dealkylation sites (N-methyl/N-ethyl adjacent to an activating group) is 1. The first-order valence-electron chi connectivity index (χ1n) is 8.41. The minimum Gasteiger partial charge on any atom is -0.442 e. The van der Waals surface area contributed by atoms with Crippen LogP contribution in [0.5, 0.6) is 0 Å². The van der Waals surface area contributed by atoms with Crippen molar-refractivity contribution >= 4 is 5.91 Å². The molecule has 2 aromatic rings. The minimum atomic E-state index is -0.0559. The van der Waals surface area contributed by atoms with Crippen molar-refractivity contribution in [3.05, 3.63) is 36.4 Å². The van der Waals surface area contributed by atoms with Gasteiger partial charge in [-0.05, 0) is 31.5 Å². The van der Waals surface area contributed by atoms with Crippen molar-refractivity contribution in [3.8, 4) is 11.6 Å². The maximum absolute atomic E-state index is 12.9. The van der Waals surface area contributed by atoms with Crippen molar-refractivity contribution in [3.63, 3.8) is 0 Å². The third-order valence-corrected chi connectivity index (χ3v) is 4.30. The Hall–Kier alpha value is -2.21. The zero-order chi connectivity index (χ0) is 17.1. The Morgan fingerprint density at radius 3 is 2.92 bits per heavy atom. The van der Waals surface area contributed by atoms with E-state index in [9.17, 15) is 4.79 Å². The van der Waals surface area contributed by atoms with Crippen molar-refractivity contribution in [1.29, 1.82) is 0 Å². The number of carbonyl (C=O) groups excluding carboxylic acids is 1. The lowest BCUT2D eigenvalue weighted by Crippen LogP contribution is -2.54. The zero-order valence-corrected chi connectivity index (χ0v) is 14.5. The molecule has 0 saturated carbocycles. The van der Waals surface area contributed by atoms with E-state index in [0.717, 1.165) is 26.1 Å². The normalized spacial score (nSPS) is 19.0. The van der Waals surface area contributed by atoms with Gasteiger partial charge in [-0.25, -0.2) is 4.98 Å². The van der Waals surface area contributed by atoms with Gasteiger partial charge in [-0.15, -0.1) is 0 Å². The first-order valence-corrected chi connectivity index (χ1v) is 8.41. The molecule has 6 heteroatoms. The molecule has 1 amide bonds. The van der Waals surface area contributed by atoms with E-state index in [0.29, 0.717) is 23.2 Å². The number of hydrogen-bond acceptors (Lipinski definition) is 5. The van der Waals surface area contributed by atoms with Gasteiger partial charge in [0.15, 0.2) is 5.69 Å². The number of piperazine rings is 1. The molecule has 0 bridgehead atoms. The Bertz CT molecular complexity index is 681. The lowest BCUT2D eigenvalue weighted by atomic mass is 10.00. The Kier molecular flexibility index (Phi) is 4.94.